The SMILES string of the molecule is C[C@@H]1CN([C@H](C)CO)C(=O)c2cc(NC(=O)Nc3cccc4ccccc34)ccc2O[C@@H](C)CCCCO[C@@H]1CN(C)Cc1ccc(C(F)(F)F)cc1. The second-order valence-electron chi connectivity index (χ2n) is 14.0. The first-order chi connectivity index (χ1) is 25.3. The molecular weight excluding hydrogens is 685 g/mol. The van der Waals surface area contributed by atoms with Crippen LogP contribution in [0.15, 0.2) is 84.9 Å². The quantitative estimate of drug-likeness (QED) is 0.168. The molecule has 1 aliphatic rings. The number of hydrogen-bond acceptors (Lipinski definition) is 6. The molecule has 12 heteroatoms. The Bertz CT molecular complexity index is 1830. The summed E-state index contributed by atoms with van der Waals surface area (Å²) in [4.78, 5) is 31.3. The first-order valence-electron chi connectivity index (χ1n) is 18.1. The van der Waals surface area contributed by atoms with Crippen LogP contribution in [0.3, 0.4) is 0 Å². The van der Waals surface area contributed by atoms with Crippen molar-refractivity contribution in [2.75, 3.05) is 44.0 Å². The third-order valence-electron chi connectivity index (χ3n) is 9.57. The number of hydrogen-bond donors (Lipinski definition) is 3. The Morgan fingerprint density at radius 2 is 1.74 bits per heavy atom. The zero-order valence-electron chi connectivity index (χ0n) is 30.7. The van der Waals surface area contributed by atoms with Crippen LogP contribution in [-0.4, -0.2) is 78.4 Å². The predicted molar refractivity (Wildman–Crippen MR) is 201 cm³/mol. The monoisotopic (exact) mass is 734 g/mol. The molecule has 0 spiro atoms. The van der Waals surface area contributed by atoms with Gasteiger partial charge in [0.2, 0.25) is 0 Å². The molecule has 4 aromatic carbocycles. The molecule has 4 atom stereocenters. The van der Waals surface area contributed by atoms with Gasteiger partial charge in [0.15, 0.2) is 0 Å². The topological polar surface area (TPSA) is 103 Å². The van der Waals surface area contributed by atoms with E-state index in [1.807, 2.05) is 68.3 Å². The van der Waals surface area contributed by atoms with Crippen molar-refractivity contribution >= 4 is 34.1 Å². The summed E-state index contributed by atoms with van der Waals surface area (Å²) in [5.41, 5.74) is 1.33. The van der Waals surface area contributed by atoms with Crippen LogP contribution < -0.4 is 15.4 Å². The van der Waals surface area contributed by atoms with Crippen LogP contribution in [0.2, 0.25) is 0 Å². The summed E-state index contributed by atoms with van der Waals surface area (Å²) in [6.07, 6.45) is -2.60. The summed E-state index contributed by atoms with van der Waals surface area (Å²) in [7, 11) is 1.89. The molecule has 1 heterocycles. The molecule has 0 aromatic heterocycles. The molecule has 5 rings (SSSR count). The van der Waals surface area contributed by atoms with Gasteiger partial charge in [-0.1, -0.05) is 55.5 Å². The maximum absolute atomic E-state index is 14.5. The number of nitrogens with zero attached hydrogens (tertiary/aromatic N) is 2. The number of amides is 3. The lowest BCUT2D eigenvalue weighted by Crippen LogP contribution is -2.47. The number of rotatable bonds is 8. The third kappa shape index (κ3) is 10.7. The van der Waals surface area contributed by atoms with Crippen LogP contribution in [0.5, 0.6) is 5.75 Å². The van der Waals surface area contributed by atoms with Crippen LogP contribution in [0.25, 0.3) is 10.8 Å². The minimum absolute atomic E-state index is 0.193. The summed E-state index contributed by atoms with van der Waals surface area (Å²) in [6, 6.07) is 22.5. The largest absolute Gasteiger partial charge is 0.490 e. The second-order valence-corrected chi connectivity index (χ2v) is 14.0. The Balaban J connectivity index is 1.36. The fraction of sp³-hybridized carbons (Fsp3) is 0.415. The average Bonchev–Trinajstić information content (AvgIpc) is 3.12. The van der Waals surface area contributed by atoms with Crippen molar-refractivity contribution < 1.29 is 37.3 Å². The number of ether oxygens (including phenoxy) is 2. The van der Waals surface area contributed by atoms with Gasteiger partial charge in [0, 0.05) is 43.2 Å². The number of nitrogens with one attached hydrogen (secondary N) is 2. The lowest BCUT2D eigenvalue weighted by atomic mass is 10.0. The van der Waals surface area contributed by atoms with E-state index < -0.39 is 23.8 Å². The van der Waals surface area contributed by atoms with Gasteiger partial charge in [-0.25, -0.2) is 4.79 Å². The zero-order valence-corrected chi connectivity index (χ0v) is 30.7. The predicted octanol–water partition coefficient (Wildman–Crippen LogP) is 8.43. The molecular formula is C41H49F3N4O5. The van der Waals surface area contributed by atoms with E-state index in [4.69, 9.17) is 9.47 Å². The number of halogens is 3. The van der Waals surface area contributed by atoms with Gasteiger partial charge in [0.05, 0.1) is 41.7 Å². The Hall–Kier alpha value is -4.65. The van der Waals surface area contributed by atoms with Crippen molar-refractivity contribution in [3.63, 3.8) is 0 Å². The molecule has 0 bridgehead atoms. The van der Waals surface area contributed by atoms with E-state index in [2.05, 4.69) is 10.6 Å². The zero-order chi connectivity index (χ0) is 38.1. The highest BCUT2D eigenvalue weighted by atomic mass is 19.4. The summed E-state index contributed by atoms with van der Waals surface area (Å²) >= 11 is 0. The standard InChI is InChI=1S/C41H49F3N4O5/c1-27-23-48(28(2)26-49)39(50)35-22-33(45-40(51)46-36-14-9-12-31-11-5-6-13-34(31)36)19-20-37(35)53-29(3)10-7-8-21-52-38(27)25-47(4)24-30-15-17-32(18-16-30)41(42,43)44/h5-6,9,11-20,22,27-29,38,49H,7-8,10,21,23-26H2,1-4H3,(H2,45,46,51)/t27-,28-,29+,38-/m1/s1. The second kappa shape index (κ2) is 17.9. The van der Waals surface area contributed by atoms with E-state index in [1.54, 1.807) is 30.0 Å². The molecule has 3 N–H and O–H groups in total. The van der Waals surface area contributed by atoms with Crippen molar-refractivity contribution in [3.8, 4) is 5.75 Å². The maximum atomic E-state index is 14.5. The van der Waals surface area contributed by atoms with Crippen LogP contribution in [0.1, 0.15) is 61.5 Å². The van der Waals surface area contributed by atoms with Crippen LogP contribution >= 0.6 is 0 Å². The number of alkyl halides is 3. The van der Waals surface area contributed by atoms with E-state index in [1.165, 1.54) is 12.1 Å². The number of aliphatic hydroxyl groups is 1. The van der Waals surface area contributed by atoms with Crippen molar-refractivity contribution in [1.29, 1.82) is 0 Å². The third-order valence-corrected chi connectivity index (χ3v) is 9.57. The maximum Gasteiger partial charge on any atom is 0.416 e. The highest BCUT2D eigenvalue weighted by Gasteiger charge is 2.32. The number of urea groups is 1. The minimum Gasteiger partial charge on any atom is -0.490 e. The molecule has 1 aliphatic heterocycles. The van der Waals surface area contributed by atoms with Gasteiger partial charge in [-0.3, -0.25) is 9.69 Å². The van der Waals surface area contributed by atoms with E-state index in [0.717, 1.165) is 47.7 Å². The molecule has 53 heavy (non-hydrogen) atoms. The average molecular weight is 735 g/mol. The van der Waals surface area contributed by atoms with E-state index >= 15 is 0 Å². The Morgan fingerprint density at radius 3 is 2.47 bits per heavy atom. The van der Waals surface area contributed by atoms with Crippen molar-refractivity contribution in [2.24, 2.45) is 5.92 Å². The van der Waals surface area contributed by atoms with Gasteiger partial charge in [-0.05, 0) is 87.5 Å². The van der Waals surface area contributed by atoms with E-state index in [0.29, 0.717) is 36.8 Å². The summed E-state index contributed by atoms with van der Waals surface area (Å²) in [6.45, 7) is 7.03. The number of anilines is 2. The van der Waals surface area contributed by atoms with Gasteiger partial charge < -0.3 is 30.1 Å². The highest BCUT2D eigenvalue weighted by Crippen LogP contribution is 2.31. The van der Waals surface area contributed by atoms with E-state index in [-0.39, 0.29) is 42.7 Å². The minimum atomic E-state index is -4.40. The summed E-state index contributed by atoms with van der Waals surface area (Å²) in [5.74, 6) is -0.180. The van der Waals surface area contributed by atoms with E-state index in [9.17, 15) is 27.9 Å². The molecule has 284 valence electrons. The van der Waals surface area contributed by atoms with Gasteiger partial charge in [0.1, 0.15) is 5.75 Å². The number of carbonyl (C=O) groups is 2. The number of benzene rings is 4. The van der Waals surface area contributed by atoms with Crippen molar-refractivity contribution in [1.82, 2.24) is 9.80 Å². The molecule has 0 unspecified atom stereocenters. The smallest absolute Gasteiger partial charge is 0.416 e. The van der Waals surface area contributed by atoms with Crippen molar-refractivity contribution in [2.45, 2.75) is 71.0 Å². The lowest BCUT2D eigenvalue weighted by molar-refractivity contribution is -0.137. The Kier molecular flexibility index (Phi) is 13.4. The number of fused-ring (bicyclic) bond motifs is 2. The summed E-state index contributed by atoms with van der Waals surface area (Å²) < 4.78 is 52.1. The molecule has 9 nitrogen and oxygen atoms in total. The fourth-order valence-electron chi connectivity index (χ4n) is 6.56. The molecule has 3 amide bonds. The van der Waals surface area contributed by atoms with Gasteiger partial charge in [-0.2, -0.15) is 13.2 Å². The first kappa shape index (κ1) is 39.6. The first-order valence-corrected chi connectivity index (χ1v) is 18.1. The van der Waals surface area contributed by atoms with Crippen molar-refractivity contribution in [3.05, 3.63) is 102 Å². The number of likely N-dealkylation sites (N-methyl/N-ethyl adjacent to an activating group) is 1. The van der Waals surface area contributed by atoms with Gasteiger partial charge in [0.25, 0.3) is 5.91 Å². The number of aliphatic hydroxyl groups excluding tert-OH is 1. The fourth-order valence-corrected chi connectivity index (χ4v) is 6.56. The Labute approximate surface area is 309 Å². The summed E-state index contributed by atoms with van der Waals surface area (Å²) in [5, 5.41) is 17.9. The normalized spacial score (nSPS) is 19.6. The Morgan fingerprint density at radius 1 is 1.00 bits per heavy atom. The van der Waals surface area contributed by atoms with Gasteiger partial charge in [-0.15, -0.1) is 0 Å². The van der Waals surface area contributed by atoms with Gasteiger partial charge >= 0.3 is 12.2 Å². The van der Waals surface area contributed by atoms with Crippen LogP contribution in [0.4, 0.5) is 29.3 Å². The molecule has 0 radical (unpaired) electrons. The number of carbonyl (C=O) groups excluding carboxylic acids is 2. The van der Waals surface area contributed by atoms with Crippen LogP contribution in [0, 0.1) is 5.92 Å². The molecule has 0 saturated carbocycles. The molecule has 0 fully saturated rings. The molecule has 0 aliphatic carbocycles. The lowest BCUT2D eigenvalue weighted by Gasteiger charge is -2.36. The highest BCUT2D eigenvalue weighted by molar-refractivity contribution is 6.07. The molecule has 4 aromatic rings. The molecule has 0 saturated heterocycles. The van der Waals surface area contributed by atoms with Crippen LogP contribution in [-0.2, 0) is 17.5 Å².